The van der Waals surface area contributed by atoms with Crippen molar-refractivity contribution in [1.82, 2.24) is 9.80 Å². The quantitative estimate of drug-likeness (QED) is 0.823. The van der Waals surface area contributed by atoms with Crippen LogP contribution in [0.2, 0.25) is 0 Å². The van der Waals surface area contributed by atoms with E-state index in [0.29, 0.717) is 25.3 Å². The van der Waals surface area contributed by atoms with Crippen LogP contribution >= 0.6 is 0 Å². The third-order valence-corrected chi connectivity index (χ3v) is 5.93. The van der Waals surface area contributed by atoms with Gasteiger partial charge in [0.15, 0.2) is 0 Å². The summed E-state index contributed by atoms with van der Waals surface area (Å²) >= 11 is 0. The number of likely N-dealkylation sites (tertiary alicyclic amines) is 2. The molecule has 3 rings (SSSR count). The summed E-state index contributed by atoms with van der Waals surface area (Å²) in [6.07, 6.45) is 3.19. The molecule has 1 amide bonds. The van der Waals surface area contributed by atoms with Crippen molar-refractivity contribution in [1.29, 1.82) is 0 Å². The lowest BCUT2D eigenvalue weighted by Gasteiger charge is -2.48. The molecule has 27 heavy (non-hydrogen) atoms. The summed E-state index contributed by atoms with van der Waals surface area (Å²) in [5.41, 5.74) is 0.0337. The highest BCUT2D eigenvalue weighted by Gasteiger charge is 2.43. The first kappa shape index (κ1) is 19.6. The number of hydrogen-bond acceptors (Lipinski definition) is 4. The predicted octanol–water partition coefficient (Wildman–Crippen LogP) is 2.38. The average Bonchev–Trinajstić information content (AvgIpc) is 2.66. The van der Waals surface area contributed by atoms with Crippen LogP contribution in [-0.4, -0.2) is 65.6 Å². The van der Waals surface area contributed by atoms with E-state index in [2.05, 4.69) is 4.90 Å². The lowest BCUT2D eigenvalue weighted by atomic mass is 9.72. The van der Waals surface area contributed by atoms with Gasteiger partial charge in [-0.2, -0.15) is 0 Å². The number of amides is 1. The molecule has 2 aliphatic rings. The molecule has 0 unspecified atom stereocenters. The number of rotatable bonds is 6. The molecule has 0 saturated carbocycles. The zero-order chi connectivity index (χ0) is 19.4. The molecular weight excluding hydrogens is 351 g/mol. The topological polar surface area (TPSA) is 70.1 Å². The number of carboxylic acid groups (broad SMARTS) is 1. The molecule has 1 N–H and O–H groups in total. The number of piperidine rings is 2. The molecule has 1 spiro atoms. The van der Waals surface area contributed by atoms with Crippen LogP contribution in [0.25, 0.3) is 0 Å². The molecule has 1 atom stereocenters. The van der Waals surface area contributed by atoms with Gasteiger partial charge >= 0.3 is 5.97 Å². The maximum Gasteiger partial charge on any atom is 0.326 e. The van der Waals surface area contributed by atoms with Gasteiger partial charge < -0.3 is 14.7 Å². The minimum Gasteiger partial charge on any atom is -0.492 e. The van der Waals surface area contributed by atoms with Crippen molar-refractivity contribution in [2.24, 2.45) is 5.41 Å². The summed E-state index contributed by atoms with van der Waals surface area (Å²) in [6.45, 7) is 5.29. The zero-order valence-electron chi connectivity index (χ0n) is 15.7. The number of ether oxygens (including phenoxy) is 1. The first-order chi connectivity index (χ1) is 12.9. The number of carboxylic acids is 1. The van der Waals surface area contributed by atoms with Crippen molar-refractivity contribution < 1.29 is 23.8 Å². The highest BCUT2D eigenvalue weighted by molar-refractivity contribution is 5.84. The number of aliphatic carboxylic acids is 1. The van der Waals surface area contributed by atoms with Gasteiger partial charge in [0.25, 0.3) is 0 Å². The van der Waals surface area contributed by atoms with Gasteiger partial charge in [-0.15, -0.1) is 0 Å². The number of nitrogens with zero attached hydrogens (tertiary/aromatic N) is 2. The van der Waals surface area contributed by atoms with E-state index >= 15 is 0 Å². The summed E-state index contributed by atoms with van der Waals surface area (Å²) in [7, 11) is 0. The lowest BCUT2D eigenvalue weighted by molar-refractivity contribution is -0.155. The van der Waals surface area contributed by atoms with E-state index in [0.717, 1.165) is 38.9 Å². The molecule has 0 radical (unpaired) electrons. The Morgan fingerprint density at radius 3 is 2.56 bits per heavy atom. The maximum absolute atomic E-state index is 12.9. The van der Waals surface area contributed by atoms with Crippen molar-refractivity contribution in [2.75, 3.05) is 32.8 Å². The van der Waals surface area contributed by atoms with Crippen molar-refractivity contribution in [3.8, 4) is 5.75 Å². The fraction of sp³-hybridized carbons (Fsp3) is 0.600. The van der Waals surface area contributed by atoms with Gasteiger partial charge in [-0.25, -0.2) is 9.18 Å². The van der Waals surface area contributed by atoms with Crippen LogP contribution in [0.15, 0.2) is 24.3 Å². The Hall–Kier alpha value is -2.15. The smallest absolute Gasteiger partial charge is 0.326 e. The Morgan fingerprint density at radius 2 is 1.93 bits per heavy atom. The Labute approximate surface area is 158 Å². The molecule has 0 aliphatic carbocycles. The Morgan fingerprint density at radius 1 is 1.26 bits per heavy atom. The molecule has 2 aliphatic heterocycles. The molecule has 6 nitrogen and oxygen atoms in total. The van der Waals surface area contributed by atoms with E-state index in [9.17, 15) is 19.1 Å². The third kappa shape index (κ3) is 4.77. The van der Waals surface area contributed by atoms with Crippen LogP contribution in [-0.2, 0) is 9.59 Å². The maximum atomic E-state index is 12.9. The monoisotopic (exact) mass is 378 g/mol. The number of carbonyl (C=O) groups excluding carboxylic acids is 1. The lowest BCUT2D eigenvalue weighted by Crippen LogP contribution is -2.55. The van der Waals surface area contributed by atoms with Gasteiger partial charge in [-0.1, -0.05) is 0 Å². The van der Waals surface area contributed by atoms with Crippen molar-refractivity contribution in [3.63, 3.8) is 0 Å². The first-order valence-corrected chi connectivity index (χ1v) is 9.52. The molecule has 0 aromatic heterocycles. The van der Waals surface area contributed by atoms with Crippen LogP contribution in [0.4, 0.5) is 4.39 Å². The Bertz CT molecular complexity index is 671. The number of carbonyl (C=O) groups is 2. The molecule has 2 fully saturated rings. The van der Waals surface area contributed by atoms with Crippen molar-refractivity contribution >= 4 is 11.9 Å². The van der Waals surface area contributed by atoms with E-state index in [1.54, 1.807) is 24.0 Å². The molecule has 1 aromatic rings. The van der Waals surface area contributed by atoms with Gasteiger partial charge in [-0.3, -0.25) is 9.69 Å². The summed E-state index contributed by atoms with van der Waals surface area (Å²) in [5, 5.41) is 9.25. The fourth-order valence-electron chi connectivity index (χ4n) is 4.01. The third-order valence-electron chi connectivity index (χ3n) is 5.93. The summed E-state index contributed by atoms with van der Waals surface area (Å²) in [4.78, 5) is 27.3. The number of halogens is 1. The SMILES string of the molecule is C[C@@H](C(=O)O)N1CC2(CCC1=O)CCN(CCOc1ccc(F)cc1)CC2. The van der Waals surface area contributed by atoms with E-state index in [-0.39, 0.29) is 17.1 Å². The molecule has 7 heteroatoms. The van der Waals surface area contributed by atoms with Crippen LogP contribution < -0.4 is 4.74 Å². The van der Waals surface area contributed by atoms with Gasteiger partial charge in [0, 0.05) is 19.5 Å². The summed E-state index contributed by atoms with van der Waals surface area (Å²) in [5.74, 6) is -0.615. The fourth-order valence-corrected chi connectivity index (χ4v) is 4.01. The Balaban J connectivity index is 1.47. The predicted molar refractivity (Wildman–Crippen MR) is 98.0 cm³/mol. The molecule has 1 aromatic carbocycles. The highest BCUT2D eigenvalue weighted by atomic mass is 19.1. The van der Waals surface area contributed by atoms with Gasteiger partial charge in [0.2, 0.25) is 5.91 Å². The first-order valence-electron chi connectivity index (χ1n) is 9.52. The molecular formula is C20H27FN2O4. The van der Waals surface area contributed by atoms with E-state index in [1.807, 2.05) is 0 Å². The minimum atomic E-state index is -0.948. The summed E-state index contributed by atoms with van der Waals surface area (Å²) in [6, 6.07) is 5.25. The van der Waals surface area contributed by atoms with Crippen LogP contribution in [0, 0.1) is 11.2 Å². The van der Waals surface area contributed by atoms with Crippen LogP contribution in [0.3, 0.4) is 0 Å². The van der Waals surface area contributed by atoms with E-state index < -0.39 is 12.0 Å². The van der Waals surface area contributed by atoms with E-state index in [1.165, 1.54) is 12.1 Å². The molecule has 0 bridgehead atoms. The molecule has 2 saturated heterocycles. The normalized spacial score (nSPS) is 21.3. The second-order valence-corrected chi connectivity index (χ2v) is 7.68. The van der Waals surface area contributed by atoms with Crippen LogP contribution in [0.1, 0.15) is 32.6 Å². The van der Waals surface area contributed by atoms with Crippen molar-refractivity contribution in [2.45, 2.75) is 38.6 Å². The summed E-state index contributed by atoms with van der Waals surface area (Å²) < 4.78 is 18.6. The highest BCUT2D eigenvalue weighted by Crippen LogP contribution is 2.40. The minimum absolute atomic E-state index is 0.0337. The number of benzene rings is 1. The van der Waals surface area contributed by atoms with Gasteiger partial charge in [0.05, 0.1) is 0 Å². The second-order valence-electron chi connectivity index (χ2n) is 7.68. The molecule has 2 heterocycles. The molecule has 148 valence electrons. The van der Waals surface area contributed by atoms with Gasteiger partial charge in [-0.05, 0) is 69.0 Å². The van der Waals surface area contributed by atoms with Gasteiger partial charge in [0.1, 0.15) is 24.2 Å². The largest absolute Gasteiger partial charge is 0.492 e. The standard InChI is InChI=1S/C20H27FN2O4/c1-15(19(25)26)23-14-20(7-6-18(23)24)8-10-22(11-9-20)12-13-27-17-4-2-16(21)3-5-17/h2-5,15H,6-14H2,1H3,(H,25,26)/t15-/m0/s1. The van der Waals surface area contributed by atoms with E-state index in [4.69, 9.17) is 4.74 Å². The Kier molecular flexibility index (Phi) is 5.99. The average molecular weight is 378 g/mol. The van der Waals surface area contributed by atoms with Crippen molar-refractivity contribution in [3.05, 3.63) is 30.1 Å². The second kappa shape index (κ2) is 8.25. The zero-order valence-corrected chi connectivity index (χ0v) is 15.7. The van der Waals surface area contributed by atoms with Crippen LogP contribution in [0.5, 0.6) is 5.75 Å². The number of hydrogen-bond donors (Lipinski definition) is 1.